The van der Waals surface area contributed by atoms with Crippen LogP contribution in [0.25, 0.3) is 0 Å². The van der Waals surface area contributed by atoms with E-state index < -0.39 is 0 Å². The number of carbonyl (C=O) groups excluding carboxylic acids is 1. The molecule has 1 amide bonds. The molecule has 1 aliphatic rings. The van der Waals surface area contributed by atoms with Gasteiger partial charge in [0.05, 0.1) is 0 Å². The van der Waals surface area contributed by atoms with E-state index in [0.717, 1.165) is 29.5 Å². The van der Waals surface area contributed by atoms with E-state index in [0.29, 0.717) is 6.04 Å². The molecule has 0 aliphatic heterocycles. The van der Waals surface area contributed by atoms with Crippen molar-refractivity contribution < 1.29 is 4.79 Å². The third-order valence-corrected chi connectivity index (χ3v) is 4.50. The Morgan fingerprint density at radius 3 is 2.73 bits per heavy atom. The number of nitrogens with one attached hydrogen (secondary N) is 2. The summed E-state index contributed by atoms with van der Waals surface area (Å²) in [6, 6.07) is 15.0. The first-order chi connectivity index (χ1) is 10.6. The maximum atomic E-state index is 11.0. The zero-order valence-corrected chi connectivity index (χ0v) is 14.1. The molecule has 0 saturated carbocycles. The molecule has 0 saturated heterocycles. The first kappa shape index (κ1) is 15.3. The van der Waals surface area contributed by atoms with Crippen molar-refractivity contribution in [1.29, 1.82) is 0 Å². The fourth-order valence-corrected chi connectivity index (χ4v) is 3.36. The molecule has 3 rings (SSSR count). The highest BCUT2D eigenvalue weighted by molar-refractivity contribution is 9.10. The van der Waals surface area contributed by atoms with E-state index in [4.69, 9.17) is 0 Å². The fraction of sp³-hybridized carbons (Fsp3) is 0.278. The first-order valence-corrected chi connectivity index (χ1v) is 8.29. The van der Waals surface area contributed by atoms with Gasteiger partial charge >= 0.3 is 0 Å². The van der Waals surface area contributed by atoms with Crippen LogP contribution in [0, 0.1) is 0 Å². The summed E-state index contributed by atoms with van der Waals surface area (Å²) in [5.74, 6) is -0.0420. The van der Waals surface area contributed by atoms with Crippen molar-refractivity contribution in [3.63, 3.8) is 0 Å². The fourth-order valence-electron chi connectivity index (χ4n) is 2.95. The van der Waals surface area contributed by atoms with Crippen molar-refractivity contribution in [2.75, 3.05) is 5.32 Å². The van der Waals surface area contributed by atoms with E-state index >= 15 is 0 Å². The van der Waals surface area contributed by atoms with Gasteiger partial charge in [0.15, 0.2) is 0 Å². The van der Waals surface area contributed by atoms with Gasteiger partial charge in [0.1, 0.15) is 0 Å². The molecule has 0 aromatic heterocycles. The molecule has 114 valence electrons. The van der Waals surface area contributed by atoms with Gasteiger partial charge in [0.25, 0.3) is 0 Å². The molecule has 0 fully saturated rings. The van der Waals surface area contributed by atoms with Crippen LogP contribution in [0.4, 0.5) is 5.69 Å². The molecular formula is C18H19BrN2O. The quantitative estimate of drug-likeness (QED) is 0.860. The molecule has 4 heteroatoms. The van der Waals surface area contributed by atoms with Crippen LogP contribution in [0.2, 0.25) is 0 Å². The van der Waals surface area contributed by atoms with Crippen LogP contribution in [0.3, 0.4) is 0 Å². The van der Waals surface area contributed by atoms with Crippen molar-refractivity contribution in [2.45, 2.75) is 32.4 Å². The number of anilines is 1. The number of rotatable bonds is 4. The molecule has 2 N–H and O–H groups in total. The van der Waals surface area contributed by atoms with Gasteiger partial charge in [-0.25, -0.2) is 0 Å². The number of carbonyl (C=O) groups is 1. The Labute approximate surface area is 139 Å². The van der Waals surface area contributed by atoms with Crippen LogP contribution >= 0.6 is 15.9 Å². The lowest BCUT2D eigenvalue weighted by molar-refractivity contribution is -0.114. The highest BCUT2D eigenvalue weighted by Gasteiger charge is 2.21. The second-order valence-electron chi connectivity index (χ2n) is 5.69. The van der Waals surface area contributed by atoms with Crippen molar-refractivity contribution in [1.82, 2.24) is 5.32 Å². The van der Waals surface area contributed by atoms with E-state index in [1.54, 1.807) is 0 Å². The monoisotopic (exact) mass is 358 g/mol. The number of halogens is 1. The van der Waals surface area contributed by atoms with Crippen molar-refractivity contribution in [3.8, 4) is 0 Å². The number of benzene rings is 2. The number of aryl methyl sites for hydroxylation is 1. The number of hydrogen-bond acceptors (Lipinski definition) is 2. The molecule has 2 aromatic carbocycles. The van der Waals surface area contributed by atoms with Gasteiger partial charge in [-0.1, -0.05) is 34.1 Å². The highest BCUT2D eigenvalue weighted by Crippen LogP contribution is 2.33. The van der Waals surface area contributed by atoms with E-state index in [1.165, 1.54) is 23.6 Å². The van der Waals surface area contributed by atoms with Gasteiger partial charge in [0.2, 0.25) is 5.91 Å². The summed E-state index contributed by atoms with van der Waals surface area (Å²) in [4.78, 5) is 11.0. The number of hydrogen-bond donors (Lipinski definition) is 2. The van der Waals surface area contributed by atoms with Crippen LogP contribution in [0.5, 0.6) is 0 Å². The third kappa shape index (κ3) is 3.57. The average Bonchev–Trinajstić information content (AvgIpc) is 2.88. The Morgan fingerprint density at radius 1 is 1.23 bits per heavy atom. The maximum absolute atomic E-state index is 11.0. The van der Waals surface area contributed by atoms with Gasteiger partial charge in [-0.3, -0.25) is 4.79 Å². The summed E-state index contributed by atoms with van der Waals surface area (Å²) in [5, 5.41) is 6.41. The van der Waals surface area contributed by atoms with Crippen LogP contribution in [-0.4, -0.2) is 5.91 Å². The highest BCUT2D eigenvalue weighted by atomic mass is 79.9. The minimum absolute atomic E-state index is 0.0420. The molecule has 0 bridgehead atoms. The van der Waals surface area contributed by atoms with Crippen LogP contribution in [-0.2, 0) is 17.8 Å². The average molecular weight is 359 g/mol. The van der Waals surface area contributed by atoms with Gasteiger partial charge < -0.3 is 10.6 Å². The molecule has 2 aromatic rings. The minimum atomic E-state index is -0.0420. The normalized spacial score (nSPS) is 16.4. The molecule has 22 heavy (non-hydrogen) atoms. The first-order valence-electron chi connectivity index (χ1n) is 7.50. The summed E-state index contributed by atoms with van der Waals surface area (Å²) in [6.45, 7) is 2.35. The second kappa shape index (κ2) is 6.63. The predicted octanol–water partition coefficient (Wildman–Crippen LogP) is 4.18. The lowest BCUT2D eigenvalue weighted by atomic mass is 10.1. The summed E-state index contributed by atoms with van der Waals surface area (Å²) in [5.41, 5.74) is 4.91. The molecule has 3 nitrogen and oxygen atoms in total. The molecule has 1 unspecified atom stereocenters. The smallest absolute Gasteiger partial charge is 0.221 e. The van der Waals surface area contributed by atoms with Crippen molar-refractivity contribution >= 4 is 27.5 Å². The van der Waals surface area contributed by atoms with Gasteiger partial charge in [0, 0.05) is 29.7 Å². The summed E-state index contributed by atoms with van der Waals surface area (Å²) in [7, 11) is 0. The Kier molecular flexibility index (Phi) is 4.60. The standard InChI is InChI=1S/C18H19BrN2O/c1-12(22)21-16-6-2-13(3-7-16)11-20-18-9-4-14-10-15(19)5-8-17(14)18/h2-3,5-8,10,18,20H,4,9,11H2,1H3,(H,21,22). The van der Waals surface area contributed by atoms with E-state index in [-0.39, 0.29) is 5.91 Å². The SMILES string of the molecule is CC(=O)Nc1ccc(CNC2CCc3cc(Br)ccc32)cc1. The van der Waals surface area contributed by atoms with Crippen molar-refractivity contribution in [3.05, 3.63) is 63.6 Å². The van der Waals surface area contributed by atoms with Crippen molar-refractivity contribution in [2.24, 2.45) is 0 Å². The van der Waals surface area contributed by atoms with E-state index in [9.17, 15) is 4.79 Å². The van der Waals surface area contributed by atoms with Gasteiger partial charge in [-0.05, 0) is 53.8 Å². The lowest BCUT2D eigenvalue weighted by Crippen LogP contribution is -2.18. The summed E-state index contributed by atoms with van der Waals surface area (Å²) < 4.78 is 1.15. The van der Waals surface area contributed by atoms with Gasteiger partial charge in [-0.15, -0.1) is 0 Å². The zero-order valence-electron chi connectivity index (χ0n) is 12.5. The molecular weight excluding hydrogens is 340 g/mol. The van der Waals surface area contributed by atoms with Gasteiger partial charge in [-0.2, -0.15) is 0 Å². The topological polar surface area (TPSA) is 41.1 Å². The Balaban J connectivity index is 1.61. The summed E-state index contributed by atoms with van der Waals surface area (Å²) in [6.07, 6.45) is 2.28. The molecule has 0 spiro atoms. The molecule has 0 heterocycles. The molecule has 1 aliphatic carbocycles. The second-order valence-corrected chi connectivity index (χ2v) is 6.61. The lowest BCUT2D eigenvalue weighted by Gasteiger charge is -2.14. The van der Waals surface area contributed by atoms with Crippen LogP contribution in [0.1, 0.15) is 36.1 Å². The molecule has 0 radical (unpaired) electrons. The minimum Gasteiger partial charge on any atom is -0.326 e. The molecule has 1 atom stereocenters. The maximum Gasteiger partial charge on any atom is 0.221 e. The Bertz CT molecular complexity index is 682. The van der Waals surface area contributed by atoms with Crippen LogP contribution in [0.15, 0.2) is 46.9 Å². The van der Waals surface area contributed by atoms with E-state index in [1.807, 2.05) is 12.1 Å². The number of fused-ring (bicyclic) bond motifs is 1. The summed E-state index contributed by atoms with van der Waals surface area (Å²) >= 11 is 3.53. The Hall–Kier alpha value is -1.65. The Morgan fingerprint density at radius 2 is 2.00 bits per heavy atom. The largest absolute Gasteiger partial charge is 0.326 e. The predicted molar refractivity (Wildman–Crippen MR) is 92.8 cm³/mol. The number of amides is 1. The van der Waals surface area contributed by atoms with Crippen LogP contribution < -0.4 is 10.6 Å². The zero-order chi connectivity index (χ0) is 15.5. The third-order valence-electron chi connectivity index (χ3n) is 4.01. The van der Waals surface area contributed by atoms with E-state index in [2.05, 4.69) is 56.9 Å².